The first-order valence-corrected chi connectivity index (χ1v) is 13.9. The van der Waals surface area contributed by atoms with Gasteiger partial charge in [-0.25, -0.2) is 4.68 Å². The summed E-state index contributed by atoms with van der Waals surface area (Å²) in [5.41, 5.74) is 4.04. The van der Waals surface area contributed by atoms with E-state index in [-0.39, 0.29) is 0 Å². The third-order valence-electron chi connectivity index (χ3n) is 7.11. The Morgan fingerprint density at radius 1 is 0.778 bits per heavy atom. The van der Waals surface area contributed by atoms with Crippen LogP contribution in [0.3, 0.4) is 0 Å². The molecule has 0 saturated heterocycles. The van der Waals surface area contributed by atoms with Crippen molar-refractivity contribution in [3.8, 4) is 0 Å². The van der Waals surface area contributed by atoms with Crippen LogP contribution in [0.2, 0.25) is 0 Å². The lowest BCUT2D eigenvalue weighted by Gasteiger charge is -2.30. The zero-order valence-electron chi connectivity index (χ0n) is 22.7. The van der Waals surface area contributed by atoms with E-state index in [2.05, 4.69) is 81.2 Å². The van der Waals surface area contributed by atoms with Crippen LogP contribution in [0.4, 0.5) is 0 Å². The molecule has 4 rings (SSSR count). The Kier molecular flexibility index (Phi) is 11.8. The summed E-state index contributed by atoms with van der Waals surface area (Å²) in [6.45, 7) is 12.5. The molecule has 2 unspecified atom stereocenters. The predicted octanol–water partition coefficient (Wildman–Crippen LogP) is 7.08. The van der Waals surface area contributed by atoms with Gasteiger partial charge in [-0.3, -0.25) is 10.00 Å². The number of rotatable bonds is 14. The zero-order valence-corrected chi connectivity index (χ0v) is 22.7. The van der Waals surface area contributed by atoms with Gasteiger partial charge in [-0.1, -0.05) is 101 Å². The maximum atomic E-state index is 4.45. The number of hydrogen-bond donors (Lipinski definition) is 1. The fourth-order valence-electron chi connectivity index (χ4n) is 4.75. The average molecular weight is 492 g/mol. The number of hydrogen-bond acceptors (Lipinski definition) is 5. The predicted molar refractivity (Wildman–Crippen MR) is 150 cm³/mol. The molecular formula is C29H45N7. The molecule has 2 aromatic heterocycles. The first-order chi connectivity index (χ1) is 17.7. The van der Waals surface area contributed by atoms with Gasteiger partial charge >= 0.3 is 0 Å². The number of para-hydroxylation sites is 2. The van der Waals surface area contributed by atoms with Gasteiger partial charge in [-0.05, 0) is 48.9 Å². The SMILES string of the molecule is CCCCC(CC)CN(CC(CC)CCCC)Cn1nnc2ccccc21.c1ccc2[nH]nnc2c1. The van der Waals surface area contributed by atoms with Gasteiger partial charge in [0, 0.05) is 13.1 Å². The van der Waals surface area contributed by atoms with E-state index in [0.717, 1.165) is 40.6 Å². The van der Waals surface area contributed by atoms with E-state index in [9.17, 15) is 0 Å². The van der Waals surface area contributed by atoms with E-state index >= 15 is 0 Å². The fraction of sp³-hybridized carbons (Fsp3) is 0.586. The van der Waals surface area contributed by atoms with Crippen molar-refractivity contribution in [3.63, 3.8) is 0 Å². The minimum Gasteiger partial charge on any atom is -0.284 e. The van der Waals surface area contributed by atoms with Gasteiger partial charge in [0.1, 0.15) is 11.0 Å². The molecule has 2 atom stereocenters. The van der Waals surface area contributed by atoms with Crippen molar-refractivity contribution >= 4 is 22.1 Å². The van der Waals surface area contributed by atoms with Crippen molar-refractivity contribution in [2.24, 2.45) is 11.8 Å². The van der Waals surface area contributed by atoms with Crippen LogP contribution in [0.25, 0.3) is 22.1 Å². The molecule has 0 spiro atoms. The third kappa shape index (κ3) is 8.40. The molecule has 7 heteroatoms. The van der Waals surface area contributed by atoms with Crippen LogP contribution in [0.5, 0.6) is 0 Å². The normalized spacial score (nSPS) is 13.1. The van der Waals surface area contributed by atoms with Gasteiger partial charge in [-0.15, -0.1) is 10.2 Å². The summed E-state index contributed by atoms with van der Waals surface area (Å²) in [6.07, 6.45) is 10.5. The molecule has 2 aromatic carbocycles. The first-order valence-electron chi connectivity index (χ1n) is 13.9. The van der Waals surface area contributed by atoms with Crippen LogP contribution in [0.15, 0.2) is 48.5 Å². The van der Waals surface area contributed by atoms with E-state index < -0.39 is 0 Å². The molecule has 0 bridgehead atoms. The molecule has 0 saturated carbocycles. The number of H-pyrrole nitrogens is 1. The largest absolute Gasteiger partial charge is 0.284 e. The minimum atomic E-state index is 0.781. The molecule has 1 N–H and O–H groups in total. The van der Waals surface area contributed by atoms with Crippen LogP contribution in [-0.2, 0) is 6.67 Å². The maximum Gasteiger partial charge on any atom is 0.113 e. The molecule has 0 amide bonds. The van der Waals surface area contributed by atoms with Gasteiger partial charge in [0.15, 0.2) is 0 Å². The monoisotopic (exact) mass is 491 g/mol. The summed E-state index contributed by atoms with van der Waals surface area (Å²) in [7, 11) is 0. The summed E-state index contributed by atoms with van der Waals surface area (Å²) in [6, 6.07) is 16.0. The van der Waals surface area contributed by atoms with Crippen molar-refractivity contribution < 1.29 is 0 Å². The Bertz CT molecular complexity index is 1070. The highest BCUT2D eigenvalue weighted by Crippen LogP contribution is 2.20. The summed E-state index contributed by atoms with van der Waals surface area (Å²) in [4.78, 5) is 2.65. The molecule has 0 radical (unpaired) electrons. The van der Waals surface area contributed by atoms with Crippen molar-refractivity contribution in [3.05, 3.63) is 48.5 Å². The molecule has 196 valence electrons. The third-order valence-corrected chi connectivity index (χ3v) is 7.11. The topological polar surface area (TPSA) is 75.5 Å². The molecule has 2 heterocycles. The second kappa shape index (κ2) is 15.3. The number of aromatic amines is 1. The molecule has 36 heavy (non-hydrogen) atoms. The summed E-state index contributed by atoms with van der Waals surface area (Å²) in [5.74, 6) is 1.56. The highest BCUT2D eigenvalue weighted by atomic mass is 15.5. The molecule has 0 aliphatic heterocycles. The highest BCUT2D eigenvalue weighted by molar-refractivity contribution is 5.74. The Morgan fingerprint density at radius 2 is 1.39 bits per heavy atom. The Morgan fingerprint density at radius 3 is 2.00 bits per heavy atom. The smallest absolute Gasteiger partial charge is 0.113 e. The van der Waals surface area contributed by atoms with Crippen LogP contribution in [0.1, 0.15) is 79.1 Å². The van der Waals surface area contributed by atoms with E-state index in [0.29, 0.717) is 0 Å². The number of nitrogens with one attached hydrogen (secondary N) is 1. The molecule has 0 aliphatic rings. The summed E-state index contributed by atoms with van der Waals surface area (Å²) in [5, 5.41) is 19.0. The van der Waals surface area contributed by atoms with Crippen molar-refractivity contribution in [2.75, 3.05) is 13.1 Å². The van der Waals surface area contributed by atoms with Gasteiger partial charge in [0.25, 0.3) is 0 Å². The van der Waals surface area contributed by atoms with E-state index in [1.54, 1.807) is 0 Å². The number of fused-ring (bicyclic) bond motifs is 2. The maximum absolute atomic E-state index is 4.45. The van der Waals surface area contributed by atoms with Crippen LogP contribution < -0.4 is 0 Å². The van der Waals surface area contributed by atoms with Gasteiger partial charge in [0.2, 0.25) is 0 Å². The second-order valence-electron chi connectivity index (χ2n) is 9.92. The number of unbranched alkanes of at least 4 members (excludes halogenated alkanes) is 2. The molecule has 0 fully saturated rings. The first kappa shape index (κ1) is 27.8. The minimum absolute atomic E-state index is 0.781. The Hall–Kier alpha value is -2.80. The molecule has 0 aliphatic carbocycles. The Balaban J connectivity index is 0.000000331. The van der Waals surface area contributed by atoms with Crippen LogP contribution >= 0.6 is 0 Å². The van der Waals surface area contributed by atoms with E-state index in [1.807, 2.05) is 30.3 Å². The highest BCUT2D eigenvalue weighted by Gasteiger charge is 2.18. The summed E-state index contributed by atoms with van der Waals surface area (Å²) >= 11 is 0. The lowest BCUT2D eigenvalue weighted by Crippen LogP contribution is -2.36. The van der Waals surface area contributed by atoms with E-state index in [1.165, 1.54) is 64.5 Å². The Labute approximate surface area is 216 Å². The molecule has 7 nitrogen and oxygen atoms in total. The van der Waals surface area contributed by atoms with Crippen LogP contribution in [0, 0.1) is 11.8 Å². The van der Waals surface area contributed by atoms with Crippen molar-refractivity contribution in [2.45, 2.75) is 85.7 Å². The molecular weight excluding hydrogens is 446 g/mol. The second-order valence-corrected chi connectivity index (χ2v) is 9.92. The van der Waals surface area contributed by atoms with Crippen LogP contribution in [-0.4, -0.2) is 48.4 Å². The van der Waals surface area contributed by atoms with Gasteiger partial charge < -0.3 is 0 Å². The zero-order chi connectivity index (χ0) is 25.6. The number of aromatic nitrogens is 6. The summed E-state index contributed by atoms with van der Waals surface area (Å²) < 4.78 is 2.09. The average Bonchev–Trinajstić information content (AvgIpc) is 3.56. The molecule has 4 aromatic rings. The van der Waals surface area contributed by atoms with Crippen molar-refractivity contribution in [1.29, 1.82) is 0 Å². The standard InChI is InChI=1S/C23H40N4.C6H5N3/c1-5-9-13-20(7-3)17-26(18-21(8-4)14-10-6-2)19-27-23-16-12-11-15-22(23)24-25-27;1-2-4-6-5(3-1)7-9-8-6/h11-12,15-16,20-21H,5-10,13-14,17-19H2,1-4H3;1-4H,(H,7,8,9). The fourth-order valence-corrected chi connectivity index (χ4v) is 4.75. The quantitative estimate of drug-likeness (QED) is 0.204. The lowest BCUT2D eigenvalue weighted by molar-refractivity contribution is 0.139. The van der Waals surface area contributed by atoms with E-state index in [4.69, 9.17) is 0 Å². The number of nitrogens with zero attached hydrogens (tertiary/aromatic N) is 6. The lowest BCUT2D eigenvalue weighted by atomic mass is 9.96. The van der Waals surface area contributed by atoms with Crippen molar-refractivity contribution in [1.82, 2.24) is 35.3 Å². The number of benzene rings is 2. The van der Waals surface area contributed by atoms with Gasteiger partial charge in [-0.2, -0.15) is 0 Å². The van der Waals surface area contributed by atoms with Gasteiger partial charge in [0.05, 0.1) is 17.7 Å².